The molecule has 8 heteroatoms. The summed E-state index contributed by atoms with van der Waals surface area (Å²) < 4.78 is 27.8. The van der Waals surface area contributed by atoms with E-state index in [4.69, 9.17) is 5.11 Å². The summed E-state index contributed by atoms with van der Waals surface area (Å²) in [5, 5.41) is 19.1. The highest BCUT2D eigenvalue weighted by molar-refractivity contribution is 7.92. The van der Waals surface area contributed by atoms with Crippen LogP contribution in [-0.4, -0.2) is 30.4 Å². The van der Waals surface area contributed by atoms with E-state index in [1.165, 1.54) is 37.3 Å². The second-order valence-corrected chi connectivity index (χ2v) is 7.92. The number of sulfonamides is 1. The second-order valence-electron chi connectivity index (χ2n) is 6.24. The molecule has 3 aromatic carbocycles. The number of hydrogen-bond acceptors (Lipinski definition) is 5. The van der Waals surface area contributed by atoms with Crippen molar-refractivity contribution in [3.63, 3.8) is 0 Å². The van der Waals surface area contributed by atoms with Crippen molar-refractivity contribution in [2.75, 3.05) is 4.72 Å². The number of carboxylic acid groups (broad SMARTS) is 1. The molecule has 0 radical (unpaired) electrons. The highest BCUT2D eigenvalue weighted by Gasteiger charge is 2.20. The monoisotopic (exact) mass is 411 g/mol. The Morgan fingerprint density at radius 3 is 2.24 bits per heavy atom. The Labute approximate surface area is 167 Å². The molecule has 29 heavy (non-hydrogen) atoms. The van der Waals surface area contributed by atoms with Crippen LogP contribution in [0.1, 0.15) is 27.6 Å². The summed E-state index contributed by atoms with van der Waals surface area (Å²) in [6, 6.07) is 16.6. The number of carbonyl (C=O) groups excluding carboxylic acids is 1. The van der Waals surface area contributed by atoms with Gasteiger partial charge in [-0.05, 0) is 42.3 Å². The van der Waals surface area contributed by atoms with E-state index >= 15 is 0 Å². The maximum Gasteiger partial charge on any atom is 0.339 e. The van der Waals surface area contributed by atoms with Gasteiger partial charge in [-0.15, -0.1) is 0 Å². The van der Waals surface area contributed by atoms with E-state index in [9.17, 15) is 23.1 Å². The molecule has 7 nitrogen and oxygen atoms in total. The Balaban J connectivity index is 2.02. The number of rotatable bonds is 6. The van der Waals surface area contributed by atoms with Crippen LogP contribution < -0.4 is 4.72 Å². The van der Waals surface area contributed by atoms with Crippen molar-refractivity contribution >= 4 is 27.5 Å². The molecule has 0 bridgehead atoms. The van der Waals surface area contributed by atoms with Crippen molar-refractivity contribution in [1.82, 2.24) is 0 Å². The molecule has 0 fully saturated rings. The maximum absolute atomic E-state index is 12.8. The lowest BCUT2D eigenvalue weighted by Crippen LogP contribution is -2.14. The number of phenols is 1. The largest absolute Gasteiger partial charge is 0.505 e. The molecule has 0 unspecified atom stereocenters. The summed E-state index contributed by atoms with van der Waals surface area (Å²) in [5.74, 6) is -2.21. The molecule has 0 saturated carbocycles. The van der Waals surface area contributed by atoms with Gasteiger partial charge in [0.2, 0.25) is 0 Å². The lowest BCUT2D eigenvalue weighted by Gasteiger charge is -2.13. The average molecular weight is 411 g/mol. The third-order valence-electron chi connectivity index (χ3n) is 4.27. The standard InChI is InChI=1S/C21H17NO6S/c1-13(23)16-8-2-3-9-17(16)14-6-4-7-15(12-14)29(27,28)22-19-11-5-10-18(20(19)24)21(25)26/h2-12,22,24H,1H3,(H,25,26). The number of Topliss-reactive ketones (excluding diaryl/α,β-unsaturated/α-hetero) is 1. The van der Waals surface area contributed by atoms with Crippen LogP contribution in [0.2, 0.25) is 0 Å². The molecule has 0 amide bonds. The first-order chi connectivity index (χ1) is 13.7. The number of carbonyl (C=O) groups is 2. The van der Waals surface area contributed by atoms with Crippen LogP contribution in [0.3, 0.4) is 0 Å². The molecule has 0 saturated heterocycles. The second kappa shape index (κ2) is 7.76. The number of aromatic carboxylic acids is 1. The van der Waals surface area contributed by atoms with Gasteiger partial charge in [0.15, 0.2) is 11.5 Å². The molecule has 0 spiro atoms. The van der Waals surface area contributed by atoms with Gasteiger partial charge in [-0.3, -0.25) is 9.52 Å². The smallest absolute Gasteiger partial charge is 0.339 e. The molecule has 3 rings (SSSR count). The summed E-state index contributed by atoms with van der Waals surface area (Å²) in [6.07, 6.45) is 0. The zero-order valence-electron chi connectivity index (χ0n) is 15.3. The van der Waals surface area contributed by atoms with Crippen molar-refractivity contribution < 1.29 is 28.2 Å². The minimum Gasteiger partial charge on any atom is -0.505 e. The van der Waals surface area contributed by atoms with Crippen molar-refractivity contribution in [3.05, 3.63) is 77.9 Å². The van der Waals surface area contributed by atoms with Gasteiger partial charge in [-0.2, -0.15) is 0 Å². The summed E-state index contributed by atoms with van der Waals surface area (Å²) >= 11 is 0. The Morgan fingerprint density at radius 1 is 0.897 bits per heavy atom. The first kappa shape index (κ1) is 20.1. The van der Waals surface area contributed by atoms with Gasteiger partial charge >= 0.3 is 5.97 Å². The van der Waals surface area contributed by atoms with Crippen molar-refractivity contribution in [2.24, 2.45) is 0 Å². The summed E-state index contributed by atoms with van der Waals surface area (Å²) in [7, 11) is -4.13. The number of nitrogens with one attached hydrogen (secondary N) is 1. The van der Waals surface area contributed by atoms with Gasteiger partial charge in [-0.1, -0.05) is 42.5 Å². The molecule has 3 aromatic rings. The van der Waals surface area contributed by atoms with Crippen molar-refractivity contribution in [2.45, 2.75) is 11.8 Å². The number of anilines is 1. The van der Waals surface area contributed by atoms with E-state index in [1.54, 1.807) is 30.3 Å². The van der Waals surface area contributed by atoms with Gasteiger partial charge in [0, 0.05) is 5.56 Å². The number of hydrogen-bond donors (Lipinski definition) is 3. The molecule has 0 aliphatic heterocycles. The van der Waals surface area contributed by atoms with Crippen LogP contribution in [0.5, 0.6) is 5.75 Å². The first-order valence-electron chi connectivity index (χ1n) is 8.49. The van der Waals surface area contributed by atoms with Gasteiger partial charge in [0.1, 0.15) is 5.56 Å². The third-order valence-corrected chi connectivity index (χ3v) is 5.64. The maximum atomic E-state index is 12.8. The van der Waals surface area contributed by atoms with Crippen molar-refractivity contribution in [1.29, 1.82) is 0 Å². The first-order valence-corrected chi connectivity index (χ1v) is 9.97. The van der Waals surface area contributed by atoms with Crippen LogP contribution >= 0.6 is 0 Å². The van der Waals surface area contributed by atoms with E-state index in [0.29, 0.717) is 16.7 Å². The van der Waals surface area contributed by atoms with E-state index in [0.717, 1.165) is 6.07 Å². The topological polar surface area (TPSA) is 121 Å². The predicted octanol–water partition coefficient (Wildman–Crippen LogP) is 3.76. The Morgan fingerprint density at radius 2 is 1.55 bits per heavy atom. The SMILES string of the molecule is CC(=O)c1ccccc1-c1cccc(S(=O)(=O)Nc2cccc(C(=O)O)c2O)c1. The predicted molar refractivity (Wildman–Crippen MR) is 108 cm³/mol. The Hall–Kier alpha value is -3.65. The number of ketones is 1. The van der Waals surface area contributed by atoms with Crippen LogP contribution in [-0.2, 0) is 10.0 Å². The molecule has 0 aliphatic rings. The molecule has 3 N–H and O–H groups in total. The molecule has 0 heterocycles. The molecule has 0 atom stereocenters. The number of carboxylic acids is 1. The van der Waals surface area contributed by atoms with Gasteiger partial charge in [0.05, 0.1) is 10.6 Å². The molecular formula is C21H17NO6S. The van der Waals surface area contributed by atoms with Gasteiger partial charge in [-0.25, -0.2) is 13.2 Å². The summed E-state index contributed by atoms with van der Waals surface area (Å²) in [6.45, 7) is 1.43. The van der Waals surface area contributed by atoms with E-state index in [-0.39, 0.29) is 16.4 Å². The molecule has 0 aromatic heterocycles. The minimum atomic E-state index is -4.13. The molecular weight excluding hydrogens is 394 g/mol. The van der Waals surface area contributed by atoms with Crippen LogP contribution in [0, 0.1) is 0 Å². The lowest BCUT2D eigenvalue weighted by molar-refractivity contribution is 0.0693. The van der Waals surface area contributed by atoms with Gasteiger partial charge in [0.25, 0.3) is 10.0 Å². The normalized spacial score (nSPS) is 11.1. The number of aromatic hydroxyl groups is 1. The third kappa shape index (κ3) is 4.12. The van der Waals surface area contributed by atoms with E-state index in [2.05, 4.69) is 4.72 Å². The number of benzene rings is 3. The molecule has 148 valence electrons. The zero-order chi connectivity index (χ0) is 21.2. The fourth-order valence-corrected chi connectivity index (χ4v) is 3.99. The Bertz CT molecular complexity index is 1220. The summed E-state index contributed by atoms with van der Waals surface area (Å²) in [5.41, 5.74) is 0.908. The minimum absolute atomic E-state index is 0.103. The van der Waals surface area contributed by atoms with Crippen LogP contribution in [0.25, 0.3) is 11.1 Å². The van der Waals surface area contributed by atoms with Gasteiger partial charge < -0.3 is 10.2 Å². The highest BCUT2D eigenvalue weighted by Crippen LogP contribution is 2.31. The van der Waals surface area contributed by atoms with E-state index in [1.807, 2.05) is 0 Å². The summed E-state index contributed by atoms with van der Waals surface area (Å²) in [4.78, 5) is 22.9. The molecule has 0 aliphatic carbocycles. The fraction of sp³-hybridized carbons (Fsp3) is 0.0476. The average Bonchev–Trinajstić information content (AvgIpc) is 2.69. The number of para-hydroxylation sites is 1. The fourth-order valence-electron chi connectivity index (χ4n) is 2.87. The van der Waals surface area contributed by atoms with Crippen LogP contribution in [0.4, 0.5) is 5.69 Å². The lowest BCUT2D eigenvalue weighted by atomic mass is 9.98. The van der Waals surface area contributed by atoms with Crippen molar-refractivity contribution in [3.8, 4) is 16.9 Å². The zero-order valence-corrected chi connectivity index (χ0v) is 16.1. The Kier molecular flexibility index (Phi) is 5.38. The van der Waals surface area contributed by atoms with E-state index < -0.39 is 27.3 Å². The highest BCUT2D eigenvalue weighted by atomic mass is 32.2. The van der Waals surface area contributed by atoms with Crippen LogP contribution in [0.15, 0.2) is 71.6 Å². The quantitative estimate of drug-likeness (QED) is 0.419.